The Morgan fingerprint density at radius 3 is 2.44 bits per heavy atom. The average Bonchev–Trinajstić information content (AvgIpc) is 1.86. The Morgan fingerprint density at radius 2 is 2.11 bits per heavy atom. The maximum Gasteiger partial charge on any atom is 0.122 e. The molecule has 1 aliphatic heterocycles. The van der Waals surface area contributed by atoms with Gasteiger partial charge < -0.3 is 0 Å². The third kappa shape index (κ3) is 1.66. The summed E-state index contributed by atoms with van der Waals surface area (Å²) >= 11 is 0. The summed E-state index contributed by atoms with van der Waals surface area (Å²) < 4.78 is 0. The molecule has 0 radical (unpaired) electrons. The van der Waals surface area contributed by atoms with E-state index in [1.165, 1.54) is 12.8 Å². The van der Waals surface area contributed by atoms with Gasteiger partial charge in [0.2, 0.25) is 0 Å². The Morgan fingerprint density at radius 1 is 1.33 bits per heavy atom. The summed E-state index contributed by atoms with van der Waals surface area (Å²) in [7, 11) is 0. The molecule has 0 N–H and O–H groups in total. The molecule has 1 aliphatic rings. The molecule has 0 aromatic heterocycles. The molecule has 1 rings (SSSR count). The predicted molar refractivity (Wildman–Crippen MR) is 34.9 cm³/mol. The van der Waals surface area contributed by atoms with E-state index in [1.54, 1.807) is 0 Å². The van der Waals surface area contributed by atoms with E-state index < -0.39 is 0 Å². The fourth-order valence-electron chi connectivity index (χ4n) is 0.933. The highest BCUT2D eigenvalue weighted by Gasteiger charge is 2.29. The second kappa shape index (κ2) is 3.18. The molecule has 1 fully saturated rings. The summed E-state index contributed by atoms with van der Waals surface area (Å²) in [6.45, 7) is 4.23. The van der Waals surface area contributed by atoms with Crippen molar-refractivity contribution in [2.75, 3.05) is 0 Å². The van der Waals surface area contributed by atoms with Crippen LogP contribution in [-0.4, -0.2) is 12.2 Å². The van der Waals surface area contributed by atoms with Crippen molar-refractivity contribution in [3.63, 3.8) is 0 Å². The van der Waals surface area contributed by atoms with Crippen molar-refractivity contribution in [3.8, 4) is 0 Å². The van der Waals surface area contributed by atoms with Crippen molar-refractivity contribution < 1.29 is 9.78 Å². The van der Waals surface area contributed by atoms with Gasteiger partial charge in [-0.05, 0) is 13.3 Å². The van der Waals surface area contributed by atoms with Gasteiger partial charge in [0, 0.05) is 0 Å². The van der Waals surface area contributed by atoms with Crippen LogP contribution in [-0.2, 0) is 9.78 Å². The molecule has 54 valence electrons. The molecular formula is C7H14O2. The fraction of sp³-hybridized carbons (Fsp3) is 1.00. The van der Waals surface area contributed by atoms with E-state index in [0.717, 1.165) is 6.42 Å². The Bertz CT molecular complexity index is 83.0. The normalized spacial score (nSPS) is 34.0. The second-order valence-corrected chi connectivity index (χ2v) is 2.58. The number of rotatable bonds is 3. The summed E-state index contributed by atoms with van der Waals surface area (Å²) in [5.41, 5.74) is 0. The maximum atomic E-state index is 4.85. The molecule has 0 aromatic carbocycles. The van der Waals surface area contributed by atoms with E-state index in [0.29, 0.717) is 12.2 Å². The zero-order valence-electron chi connectivity index (χ0n) is 6.09. The van der Waals surface area contributed by atoms with Gasteiger partial charge in [-0.15, -0.1) is 0 Å². The zero-order valence-corrected chi connectivity index (χ0v) is 6.09. The molecule has 1 saturated heterocycles. The van der Waals surface area contributed by atoms with Crippen LogP contribution in [0.3, 0.4) is 0 Å². The number of hydrogen-bond acceptors (Lipinski definition) is 2. The highest BCUT2D eigenvalue weighted by molar-refractivity contribution is 4.68. The van der Waals surface area contributed by atoms with Gasteiger partial charge in [0.05, 0.1) is 0 Å². The molecule has 0 spiro atoms. The van der Waals surface area contributed by atoms with Crippen LogP contribution in [0.25, 0.3) is 0 Å². The lowest BCUT2D eigenvalue weighted by Crippen LogP contribution is -2.40. The number of hydrogen-bond donors (Lipinski definition) is 0. The lowest BCUT2D eigenvalue weighted by molar-refractivity contribution is -0.461. The summed E-state index contributed by atoms with van der Waals surface area (Å²) in [4.78, 5) is 9.59. The highest BCUT2D eigenvalue weighted by Crippen LogP contribution is 2.21. The minimum absolute atomic E-state index is 0.330. The Labute approximate surface area is 56.1 Å². The lowest BCUT2D eigenvalue weighted by Gasteiger charge is -2.31. The van der Waals surface area contributed by atoms with E-state index in [1.807, 2.05) is 6.92 Å². The Kier molecular flexibility index (Phi) is 2.49. The second-order valence-electron chi connectivity index (χ2n) is 2.58. The monoisotopic (exact) mass is 130 g/mol. The van der Waals surface area contributed by atoms with Crippen molar-refractivity contribution in [3.05, 3.63) is 0 Å². The summed E-state index contributed by atoms with van der Waals surface area (Å²) in [5.74, 6) is 0. The van der Waals surface area contributed by atoms with Crippen LogP contribution < -0.4 is 0 Å². The topological polar surface area (TPSA) is 18.5 Å². The van der Waals surface area contributed by atoms with Crippen LogP contribution >= 0.6 is 0 Å². The summed E-state index contributed by atoms with van der Waals surface area (Å²) in [6, 6.07) is 0. The molecule has 9 heavy (non-hydrogen) atoms. The SMILES string of the molecule is CCCCC1OOC1C. The van der Waals surface area contributed by atoms with Crippen LogP contribution in [0.2, 0.25) is 0 Å². The first-order valence-corrected chi connectivity index (χ1v) is 3.66. The quantitative estimate of drug-likeness (QED) is 0.543. The molecule has 1 heterocycles. The molecule has 2 atom stereocenters. The highest BCUT2D eigenvalue weighted by atomic mass is 17.2. The molecular weight excluding hydrogens is 116 g/mol. The molecule has 2 unspecified atom stereocenters. The van der Waals surface area contributed by atoms with Crippen molar-refractivity contribution in [2.24, 2.45) is 0 Å². The third-order valence-corrected chi connectivity index (χ3v) is 1.70. The standard InChI is InChI=1S/C7H14O2/c1-3-4-5-7-6(2)8-9-7/h6-7H,3-5H2,1-2H3. The van der Waals surface area contributed by atoms with E-state index in [-0.39, 0.29) is 0 Å². The molecule has 0 aromatic rings. The van der Waals surface area contributed by atoms with E-state index >= 15 is 0 Å². The number of unbranched alkanes of at least 4 members (excludes halogenated alkanes) is 1. The average molecular weight is 130 g/mol. The van der Waals surface area contributed by atoms with Crippen LogP contribution in [0.4, 0.5) is 0 Å². The summed E-state index contributed by atoms with van der Waals surface area (Å²) in [6.07, 6.45) is 4.35. The first-order chi connectivity index (χ1) is 4.34. The van der Waals surface area contributed by atoms with Gasteiger partial charge in [-0.2, -0.15) is 0 Å². The van der Waals surface area contributed by atoms with Crippen LogP contribution in [0.1, 0.15) is 33.1 Å². The van der Waals surface area contributed by atoms with Crippen LogP contribution in [0, 0.1) is 0 Å². The van der Waals surface area contributed by atoms with Crippen molar-refractivity contribution in [1.29, 1.82) is 0 Å². The van der Waals surface area contributed by atoms with Crippen LogP contribution in [0.15, 0.2) is 0 Å². The molecule has 0 bridgehead atoms. The van der Waals surface area contributed by atoms with Gasteiger partial charge >= 0.3 is 0 Å². The minimum Gasteiger partial charge on any atom is -0.230 e. The van der Waals surface area contributed by atoms with E-state index in [4.69, 9.17) is 9.78 Å². The van der Waals surface area contributed by atoms with Gasteiger partial charge in [-0.1, -0.05) is 19.8 Å². The zero-order chi connectivity index (χ0) is 6.69. The van der Waals surface area contributed by atoms with Crippen molar-refractivity contribution in [1.82, 2.24) is 0 Å². The fourth-order valence-corrected chi connectivity index (χ4v) is 0.933. The van der Waals surface area contributed by atoms with Gasteiger partial charge in [0.15, 0.2) is 0 Å². The Hall–Kier alpha value is -0.0800. The Balaban J connectivity index is 1.99. The third-order valence-electron chi connectivity index (χ3n) is 1.70. The predicted octanol–water partition coefficient (Wildman–Crippen LogP) is 1.90. The van der Waals surface area contributed by atoms with Gasteiger partial charge in [-0.25, -0.2) is 9.78 Å². The smallest absolute Gasteiger partial charge is 0.122 e. The molecule has 0 amide bonds. The minimum atomic E-state index is 0.330. The molecule has 2 heteroatoms. The van der Waals surface area contributed by atoms with Crippen molar-refractivity contribution >= 4 is 0 Å². The van der Waals surface area contributed by atoms with Crippen molar-refractivity contribution in [2.45, 2.75) is 45.3 Å². The first-order valence-electron chi connectivity index (χ1n) is 3.66. The van der Waals surface area contributed by atoms with Gasteiger partial charge in [0.1, 0.15) is 12.2 Å². The van der Waals surface area contributed by atoms with Crippen LogP contribution in [0.5, 0.6) is 0 Å². The van der Waals surface area contributed by atoms with Gasteiger partial charge in [-0.3, -0.25) is 0 Å². The molecule has 0 saturated carbocycles. The maximum absolute atomic E-state index is 4.85. The first kappa shape index (κ1) is 7.03. The largest absolute Gasteiger partial charge is 0.230 e. The van der Waals surface area contributed by atoms with E-state index in [2.05, 4.69) is 6.92 Å². The van der Waals surface area contributed by atoms with E-state index in [9.17, 15) is 0 Å². The summed E-state index contributed by atoms with van der Waals surface area (Å²) in [5, 5.41) is 0. The van der Waals surface area contributed by atoms with Gasteiger partial charge in [0.25, 0.3) is 0 Å². The molecule has 2 nitrogen and oxygen atoms in total. The molecule has 0 aliphatic carbocycles. The lowest BCUT2D eigenvalue weighted by atomic mass is 10.1.